The predicted molar refractivity (Wildman–Crippen MR) is 94.5 cm³/mol. The normalized spacial score (nSPS) is 20.8. The number of ether oxygens (including phenoxy) is 2. The Kier molecular flexibility index (Phi) is 5.75. The molecule has 0 aliphatic carbocycles. The van der Waals surface area contributed by atoms with Gasteiger partial charge in [0.2, 0.25) is 0 Å². The Morgan fingerprint density at radius 1 is 1.35 bits per heavy atom. The van der Waals surface area contributed by atoms with Crippen molar-refractivity contribution in [1.82, 2.24) is 14.8 Å². The summed E-state index contributed by atoms with van der Waals surface area (Å²) in [6.07, 6.45) is 3.82. The zero-order valence-electron chi connectivity index (χ0n) is 14.4. The number of rotatable bonds is 4. The van der Waals surface area contributed by atoms with Crippen LogP contribution in [-0.4, -0.2) is 71.1 Å². The summed E-state index contributed by atoms with van der Waals surface area (Å²) in [4.78, 5) is 43.9. The molecule has 1 aromatic heterocycles. The summed E-state index contributed by atoms with van der Waals surface area (Å²) in [6.45, 7) is 2.98. The molecular formula is C17H20BrN3O5. The van der Waals surface area contributed by atoms with E-state index in [1.807, 2.05) is 0 Å². The summed E-state index contributed by atoms with van der Waals surface area (Å²) in [6, 6.07) is 0.879. The number of carbonyl (C=O) groups excluding carboxylic acids is 3. The van der Waals surface area contributed by atoms with Crippen molar-refractivity contribution in [1.29, 1.82) is 0 Å². The number of esters is 1. The van der Waals surface area contributed by atoms with E-state index in [9.17, 15) is 14.4 Å². The lowest BCUT2D eigenvalue weighted by molar-refractivity contribution is -0.148. The first-order chi connectivity index (χ1) is 12.5. The number of nitrogens with zero attached hydrogens (tertiary/aromatic N) is 3. The lowest BCUT2D eigenvalue weighted by Gasteiger charge is -2.37. The molecule has 2 aliphatic rings. The molecule has 0 bridgehead atoms. The zero-order valence-corrected chi connectivity index (χ0v) is 16.0. The SMILES string of the molecule is CCOC(=O)C1COC(=O)N1C1CCN(C(=O)c2cncc(Br)c2)CC1. The highest BCUT2D eigenvalue weighted by atomic mass is 79.9. The van der Waals surface area contributed by atoms with Crippen LogP contribution in [0.2, 0.25) is 0 Å². The number of aromatic nitrogens is 1. The minimum Gasteiger partial charge on any atom is -0.464 e. The number of hydrogen-bond donors (Lipinski definition) is 0. The summed E-state index contributed by atoms with van der Waals surface area (Å²) in [5.41, 5.74) is 0.516. The maximum Gasteiger partial charge on any atom is 0.410 e. The predicted octanol–water partition coefficient (Wildman–Crippen LogP) is 1.83. The molecule has 0 aromatic carbocycles. The Bertz CT molecular complexity index is 705. The number of cyclic esters (lactones) is 1. The van der Waals surface area contributed by atoms with Crippen LogP contribution in [0.4, 0.5) is 4.79 Å². The number of hydrogen-bond acceptors (Lipinski definition) is 6. The van der Waals surface area contributed by atoms with Crippen molar-refractivity contribution < 1.29 is 23.9 Å². The van der Waals surface area contributed by atoms with Gasteiger partial charge in [0.1, 0.15) is 6.61 Å². The fraction of sp³-hybridized carbons (Fsp3) is 0.529. The first kappa shape index (κ1) is 18.6. The van der Waals surface area contributed by atoms with E-state index in [2.05, 4.69) is 20.9 Å². The fourth-order valence-corrected chi connectivity index (χ4v) is 3.68. The van der Waals surface area contributed by atoms with Crippen LogP contribution in [0, 0.1) is 0 Å². The molecule has 8 nitrogen and oxygen atoms in total. The van der Waals surface area contributed by atoms with Gasteiger partial charge < -0.3 is 14.4 Å². The molecule has 0 spiro atoms. The average molecular weight is 426 g/mol. The molecule has 0 saturated carbocycles. The highest BCUT2D eigenvalue weighted by Gasteiger charge is 2.44. The minimum absolute atomic E-state index is 0.0144. The van der Waals surface area contributed by atoms with Crippen LogP contribution < -0.4 is 0 Å². The van der Waals surface area contributed by atoms with Gasteiger partial charge in [-0.2, -0.15) is 0 Å². The minimum atomic E-state index is -0.705. The van der Waals surface area contributed by atoms with Crippen LogP contribution >= 0.6 is 15.9 Å². The van der Waals surface area contributed by atoms with Gasteiger partial charge in [-0.1, -0.05) is 0 Å². The molecule has 26 heavy (non-hydrogen) atoms. The smallest absolute Gasteiger partial charge is 0.410 e. The van der Waals surface area contributed by atoms with Crippen molar-refractivity contribution in [3.63, 3.8) is 0 Å². The third-order valence-corrected chi connectivity index (χ3v) is 5.00. The molecule has 2 fully saturated rings. The van der Waals surface area contributed by atoms with Gasteiger partial charge in [-0.25, -0.2) is 9.59 Å². The third-order valence-electron chi connectivity index (χ3n) is 4.57. The molecule has 9 heteroatoms. The van der Waals surface area contributed by atoms with E-state index in [0.717, 1.165) is 4.47 Å². The number of carbonyl (C=O) groups is 3. The van der Waals surface area contributed by atoms with Gasteiger partial charge in [-0.3, -0.25) is 14.7 Å². The Morgan fingerprint density at radius 3 is 2.73 bits per heavy atom. The maximum absolute atomic E-state index is 12.6. The van der Waals surface area contributed by atoms with Gasteiger partial charge in [0.15, 0.2) is 6.04 Å². The van der Waals surface area contributed by atoms with Crippen molar-refractivity contribution in [2.75, 3.05) is 26.3 Å². The first-order valence-electron chi connectivity index (χ1n) is 8.52. The van der Waals surface area contributed by atoms with Gasteiger partial charge in [0, 0.05) is 36.0 Å². The lowest BCUT2D eigenvalue weighted by Crippen LogP contribution is -2.52. The molecule has 3 rings (SSSR count). The Morgan fingerprint density at radius 2 is 2.08 bits per heavy atom. The number of pyridine rings is 1. The Hall–Kier alpha value is -2.16. The molecule has 2 saturated heterocycles. The highest BCUT2D eigenvalue weighted by Crippen LogP contribution is 2.25. The summed E-state index contributed by atoms with van der Waals surface area (Å²) in [7, 11) is 0. The number of halogens is 1. The number of piperidine rings is 1. The quantitative estimate of drug-likeness (QED) is 0.683. The van der Waals surface area contributed by atoms with Crippen LogP contribution in [0.1, 0.15) is 30.1 Å². The van der Waals surface area contributed by atoms with Crippen LogP contribution in [0.25, 0.3) is 0 Å². The molecule has 2 amide bonds. The van der Waals surface area contributed by atoms with Gasteiger partial charge in [-0.05, 0) is 41.8 Å². The van der Waals surface area contributed by atoms with E-state index in [-0.39, 0.29) is 25.2 Å². The standard InChI is InChI=1S/C17H20BrN3O5/c1-2-25-16(23)14-10-26-17(24)21(14)13-3-5-20(6-4-13)15(22)11-7-12(18)9-19-8-11/h7-9,13-14H,2-6,10H2,1H3. The summed E-state index contributed by atoms with van der Waals surface area (Å²) >= 11 is 3.31. The fourth-order valence-electron chi connectivity index (χ4n) is 3.31. The molecule has 0 radical (unpaired) electrons. The summed E-state index contributed by atoms with van der Waals surface area (Å²) < 4.78 is 10.8. The second kappa shape index (κ2) is 8.03. The number of amides is 2. The topological polar surface area (TPSA) is 89.0 Å². The van der Waals surface area contributed by atoms with E-state index in [4.69, 9.17) is 9.47 Å². The van der Waals surface area contributed by atoms with Crippen molar-refractivity contribution in [3.8, 4) is 0 Å². The third kappa shape index (κ3) is 3.82. The van der Waals surface area contributed by atoms with Crippen LogP contribution in [0.15, 0.2) is 22.9 Å². The molecule has 140 valence electrons. The molecule has 3 heterocycles. The van der Waals surface area contributed by atoms with Crippen LogP contribution in [0.5, 0.6) is 0 Å². The molecular weight excluding hydrogens is 406 g/mol. The van der Waals surface area contributed by atoms with Gasteiger partial charge in [-0.15, -0.1) is 0 Å². The van der Waals surface area contributed by atoms with Crippen LogP contribution in [0.3, 0.4) is 0 Å². The molecule has 1 atom stereocenters. The molecule has 0 N–H and O–H groups in total. The Labute approximate surface area is 159 Å². The van der Waals surface area contributed by atoms with Crippen LogP contribution in [-0.2, 0) is 14.3 Å². The van der Waals surface area contributed by atoms with Gasteiger partial charge >= 0.3 is 12.1 Å². The first-order valence-corrected chi connectivity index (χ1v) is 9.32. The summed E-state index contributed by atoms with van der Waals surface area (Å²) in [5.74, 6) is -0.541. The lowest BCUT2D eigenvalue weighted by atomic mass is 10.0. The van der Waals surface area contributed by atoms with Crippen molar-refractivity contribution in [3.05, 3.63) is 28.5 Å². The monoisotopic (exact) mass is 425 g/mol. The Balaban J connectivity index is 1.63. The van der Waals surface area contributed by atoms with Crippen molar-refractivity contribution >= 4 is 33.9 Å². The number of likely N-dealkylation sites (tertiary alicyclic amines) is 1. The van der Waals surface area contributed by atoms with E-state index in [1.165, 1.54) is 11.1 Å². The molecule has 1 unspecified atom stereocenters. The molecule has 2 aliphatic heterocycles. The van der Waals surface area contributed by atoms with Crippen molar-refractivity contribution in [2.24, 2.45) is 0 Å². The van der Waals surface area contributed by atoms with E-state index in [1.54, 1.807) is 24.1 Å². The largest absolute Gasteiger partial charge is 0.464 e. The second-order valence-electron chi connectivity index (χ2n) is 6.17. The zero-order chi connectivity index (χ0) is 18.7. The second-order valence-corrected chi connectivity index (χ2v) is 7.08. The van der Waals surface area contributed by atoms with E-state index < -0.39 is 18.1 Å². The van der Waals surface area contributed by atoms with Gasteiger partial charge in [0.05, 0.1) is 12.2 Å². The highest BCUT2D eigenvalue weighted by molar-refractivity contribution is 9.10. The van der Waals surface area contributed by atoms with Crippen molar-refractivity contribution in [2.45, 2.75) is 31.8 Å². The van der Waals surface area contributed by atoms with Gasteiger partial charge in [0.25, 0.3) is 5.91 Å². The average Bonchev–Trinajstić information content (AvgIpc) is 3.03. The molecule has 1 aromatic rings. The maximum atomic E-state index is 12.6. The van der Waals surface area contributed by atoms with E-state index in [0.29, 0.717) is 31.5 Å². The van der Waals surface area contributed by atoms with E-state index >= 15 is 0 Å². The summed E-state index contributed by atoms with van der Waals surface area (Å²) in [5, 5.41) is 0.